The molecular formula is C8H10F3N. The van der Waals surface area contributed by atoms with Gasteiger partial charge in [-0.25, -0.2) is 0 Å². The predicted octanol–water partition coefficient (Wildman–Crippen LogP) is 1.87. The van der Waals surface area contributed by atoms with Crippen LogP contribution in [0, 0.1) is 11.8 Å². The van der Waals surface area contributed by atoms with E-state index in [0.29, 0.717) is 0 Å². The van der Waals surface area contributed by atoms with E-state index >= 15 is 0 Å². The molecule has 1 aliphatic rings. The molecule has 0 fully saturated rings. The van der Waals surface area contributed by atoms with Crippen LogP contribution in [-0.2, 0) is 0 Å². The van der Waals surface area contributed by atoms with Crippen molar-refractivity contribution in [3.8, 4) is 0 Å². The van der Waals surface area contributed by atoms with Crippen molar-refractivity contribution in [3.05, 3.63) is 24.3 Å². The van der Waals surface area contributed by atoms with Gasteiger partial charge in [-0.3, -0.25) is 0 Å². The molecule has 2 atom stereocenters. The van der Waals surface area contributed by atoms with Gasteiger partial charge in [-0.2, -0.15) is 13.2 Å². The maximum absolute atomic E-state index is 12.2. The number of nitrogens with two attached hydrogens (primary N) is 1. The highest BCUT2D eigenvalue weighted by atomic mass is 19.4. The third-order valence-corrected chi connectivity index (χ3v) is 1.90. The molecule has 0 spiro atoms. The second-order valence-corrected chi connectivity index (χ2v) is 2.74. The Balaban J connectivity index is 2.76. The molecule has 0 aromatic carbocycles. The summed E-state index contributed by atoms with van der Waals surface area (Å²) in [7, 11) is 0. The highest BCUT2D eigenvalue weighted by molar-refractivity contribution is 5.16. The second kappa shape index (κ2) is 3.31. The van der Waals surface area contributed by atoms with Crippen molar-refractivity contribution in [2.75, 3.05) is 6.54 Å². The molecule has 0 amide bonds. The summed E-state index contributed by atoms with van der Waals surface area (Å²) in [6.07, 6.45) is 1.48. The minimum atomic E-state index is -4.18. The van der Waals surface area contributed by atoms with Crippen molar-refractivity contribution in [2.24, 2.45) is 17.6 Å². The highest BCUT2D eigenvalue weighted by Crippen LogP contribution is 2.35. The van der Waals surface area contributed by atoms with Gasteiger partial charge in [0.1, 0.15) is 0 Å². The normalized spacial score (nSPS) is 29.3. The molecule has 2 N–H and O–H groups in total. The molecule has 1 rings (SSSR count). The van der Waals surface area contributed by atoms with Gasteiger partial charge < -0.3 is 5.73 Å². The summed E-state index contributed by atoms with van der Waals surface area (Å²) >= 11 is 0. The highest BCUT2D eigenvalue weighted by Gasteiger charge is 2.41. The van der Waals surface area contributed by atoms with Gasteiger partial charge >= 0.3 is 6.18 Å². The molecule has 4 heteroatoms. The topological polar surface area (TPSA) is 26.0 Å². The third-order valence-electron chi connectivity index (χ3n) is 1.90. The lowest BCUT2D eigenvalue weighted by atomic mass is 9.88. The zero-order valence-electron chi connectivity index (χ0n) is 6.38. The first kappa shape index (κ1) is 9.32. The lowest BCUT2D eigenvalue weighted by molar-refractivity contribution is -0.169. The van der Waals surface area contributed by atoms with Crippen LogP contribution >= 0.6 is 0 Å². The Morgan fingerprint density at radius 3 is 2.17 bits per heavy atom. The van der Waals surface area contributed by atoms with Crippen molar-refractivity contribution in [2.45, 2.75) is 6.18 Å². The van der Waals surface area contributed by atoms with Crippen LogP contribution in [-0.4, -0.2) is 12.7 Å². The smallest absolute Gasteiger partial charge is 0.330 e. The zero-order valence-corrected chi connectivity index (χ0v) is 6.38. The molecule has 0 aromatic heterocycles. The molecular weight excluding hydrogens is 167 g/mol. The Morgan fingerprint density at radius 2 is 1.75 bits per heavy atom. The number of halogens is 3. The first-order valence-electron chi connectivity index (χ1n) is 3.67. The molecule has 0 aliphatic heterocycles. The van der Waals surface area contributed by atoms with Crippen molar-refractivity contribution < 1.29 is 13.2 Å². The summed E-state index contributed by atoms with van der Waals surface area (Å²) < 4.78 is 36.7. The van der Waals surface area contributed by atoms with Gasteiger partial charge in [0.2, 0.25) is 0 Å². The van der Waals surface area contributed by atoms with E-state index in [-0.39, 0.29) is 6.54 Å². The molecule has 2 unspecified atom stereocenters. The minimum Gasteiger partial charge on any atom is -0.330 e. The lowest BCUT2D eigenvalue weighted by Gasteiger charge is -2.24. The molecule has 0 saturated heterocycles. The zero-order chi connectivity index (χ0) is 9.19. The summed E-state index contributed by atoms with van der Waals surface area (Å²) in [5, 5.41) is 0. The lowest BCUT2D eigenvalue weighted by Crippen LogP contribution is -2.33. The molecule has 1 aliphatic carbocycles. The summed E-state index contributed by atoms with van der Waals surface area (Å²) in [5.41, 5.74) is 5.21. The van der Waals surface area contributed by atoms with Crippen LogP contribution in [0.5, 0.6) is 0 Å². The predicted molar refractivity (Wildman–Crippen MR) is 40.4 cm³/mol. The fourth-order valence-corrected chi connectivity index (χ4v) is 1.23. The van der Waals surface area contributed by atoms with Crippen LogP contribution in [0.3, 0.4) is 0 Å². The largest absolute Gasteiger partial charge is 0.395 e. The summed E-state index contributed by atoms with van der Waals surface area (Å²) in [4.78, 5) is 0. The molecule has 0 bridgehead atoms. The SMILES string of the molecule is NCC1C=CC=CC1C(F)(F)F. The standard InChI is InChI=1S/C8H10F3N/c9-8(10,11)7-4-2-1-3-6(7)5-12/h1-4,6-7H,5,12H2. The van der Waals surface area contributed by atoms with Crippen LogP contribution in [0.25, 0.3) is 0 Å². The Kier molecular flexibility index (Phi) is 2.57. The van der Waals surface area contributed by atoms with E-state index in [1.807, 2.05) is 0 Å². The van der Waals surface area contributed by atoms with E-state index in [9.17, 15) is 13.2 Å². The summed E-state index contributed by atoms with van der Waals surface area (Å²) in [6.45, 7) is 0.0328. The first-order valence-corrected chi connectivity index (χ1v) is 3.67. The van der Waals surface area contributed by atoms with Crippen molar-refractivity contribution in [3.63, 3.8) is 0 Å². The van der Waals surface area contributed by atoms with Crippen molar-refractivity contribution in [1.29, 1.82) is 0 Å². The third kappa shape index (κ3) is 1.88. The quantitative estimate of drug-likeness (QED) is 0.650. The van der Waals surface area contributed by atoms with E-state index in [4.69, 9.17) is 5.73 Å². The van der Waals surface area contributed by atoms with Crippen molar-refractivity contribution in [1.82, 2.24) is 0 Å². The van der Waals surface area contributed by atoms with Gasteiger partial charge in [0.15, 0.2) is 0 Å². The Labute approximate surface area is 68.7 Å². The van der Waals surface area contributed by atoms with Gasteiger partial charge in [-0.05, 0) is 6.54 Å². The fraction of sp³-hybridized carbons (Fsp3) is 0.500. The van der Waals surface area contributed by atoms with Gasteiger partial charge in [0.05, 0.1) is 5.92 Å². The number of rotatable bonds is 1. The first-order chi connectivity index (χ1) is 5.55. The van der Waals surface area contributed by atoms with Gasteiger partial charge in [-0.15, -0.1) is 0 Å². The number of allylic oxidation sites excluding steroid dienone is 3. The van der Waals surface area contributed by atoms with Crippen LogP contribution in [0.4, 0.5) is 13.2 Å². The number of alkyl halides is 3. The Hall–Kier alpha value is -0.770. The van der Waals surface area contributed by atoms with Crippen LogP contribution < -0.4 is 5.73 Å². The molecule has 12 heavy (non-hydrogen) atoms. The Bertz CT molecular complexity index is 205. The van der Waals surface area contributed by atoms with Gasteiger partial charge in [0, 0.05) is 5.92 Å². The summed E-state index contributed by atoms with van der Waals surface area (Å²) in [5.74, 6) is -2.01. The fourth-order valence-electron chi connectivity index (χ4n) is 1.23. The van der Waals surface area contributed by atoms with Crippen LogP contribution in [0.2, 0.25) is 0 Å². The molecule has 0 radical (unpaired) electrons. The molecule has 0 aromatic rings. The molecule has 0 saturated carbocycles. The molecule has 0 heterocycles. The second-order valence-electron chi connectivity index (χ2n) is 2.74. The van der Waals surface area contributed by atoms with E-state index in [2.05, 4.69) is 0 Å². The van der Waals surface area contributed by atoms with E-state index < -0.39 is 18.0 Å². The maximum Gasteiger partial charge on any atom is 0.395 e. The maximum atomic E-state index is 12.2. The summed E-state index contributed by atoms with van der Waals surface area (Å²) in [6, 6.07) is 0. The molecule has 1 nitrogen and oxygen atoms in total. The van der Waals surface area contributed by atoms with E-state index in [1.54, 1.807) is 6.08 Å². The minimum absolute atomic E-state index is 0.0328. The monoisotopic (exact) mass is 177 g/mol. The van der Waals surface area contributed by atoms with Gasteiger partial charge in [0.25, 0.3) is 0 Å². The number of hydrogen-bond donors (Lipinski definition) is 1. The van der Waals surface area contributed by atoms with Gasteiger partial charge in [-0.1, -0.05) is 24.3 Å². The average molecular weight is 177 g/mol. The van der Waals surface area contributed by atoms with Crippen molar-refractivity contribution >= 4 is 0 Å². The Morgan fingerprint density at radius 1 is 1.17 bits per heavy atom. The van der Waals surface area contributed by atoms with Crippen LogP contribution in [0.15, 0.2) is 24.3 Å². The number of hydrogen-bond acceptors (Lipinski definition) is 1. The molecule has 68 valence electrons. The average Bonchev–Trinajstić information content (AvgIpc) is 2.03. The van der Waals surface area contributed by atoms with E-state index in [1.165, 1.54) is 12.2 Å². The van der Waals surface area contributed by atoms with Crippen LogP contribution in [0.1, 0.15) is 0 Å². The van der Waals surface area contributed by atoms with E-state index in [0.717, 1.165) is 6.08 Å².